The monoisotopic (exact) mass is 281 g/mol. The molecule has 1 amide bonds. The van der Waals surface area contributed by atoms with Crippen LogP contribution in [0.4, 0.5) is 4.39 Å². The van der Waals surface area contributed by atoms with Crippen molar-refractivity contribution in [3.63, 3.8) is 0 Å². The highest BCUT2D eigenvalue weighted by Gasteiger charge is 2.22. The fraction of sp³-hybridized carbons (Fsp3) is 0.467. The molecule has 1 aromatic carbocycles. The largest absolute Gasteiger partial charge is 0.480 e. The van der Waals surface area contributed by atoms with Crippen LogP contribution in [-0.4, -0.2) is 23.3 Å². The van der Waals surface area contributed by atoms with E-state index in [2.05, 4.69) is 5.32 Å². The van der Waals surface area contributed by atoms with E-state index in [0.29, 0.717) is 0 Å². The number of ether oxygens (including phenoxy) is 1. The summed E-state index contributed by atoms with van der Waals surface area (Å²) in [5, 5.41) is 2.76. The van der Waals surface area contributed by atoms with Gasteiger partial charge in [-0.1, -0.05) is 0 Å². The molecule has 0 aliphatic carbocycles. The minimum atomic E-state index is -0.825. The number of halogens is 1. The van der Waals surface area contributed by atoms with Gasteiger partial charge in [0.15, 0.2) is 11.9 Å². The predicted octanol–water partition coefficient (Wildman–Crippen LogP) is 2.71. The summed E-state index contributed by atoms with van der Waals surface area (Å²) in [4.78, 5) is 23.4. The van der Waals surface area contributed by atoms with Crippen molar-refractivity contribution in [2.45, 2.75) is 46.3 Å². The number of carbonyl (C=O) groups excluding carboxylic acids is 2. The molecule has 0 spiro atoms. The number of hydrogen-bond acceptors (Lipinski definition) is 3. The predicted molar refractivity (Wildman–Crippen MR) is 74.4 cm³/mol. The van der Waals surface area contributed by atoms with Gasteiger partial charge in [0.05, 0.1) is 5.56 Å². The third kappa shape index (κ3) is 4.64. The van der Waals surface area contributed by atoms with Gasteiger partial charge in [-0.25, -0.2) is 4.39 Å². The Hall–Kier alpha value is -1.91. The van der Waals surface area contributed by atoms with Crippen molar-refractivity contribution in [3.8, 4) is 5.75 Å². The molecule has 0 radical (unpaired) electrons. The number of nitrogens with one attached hydrogen (secondary N) is 1. The summed E-state index contributed by atoms with van der Waals surface area (Å²) in [5.74, 6) is -1.01. The van der Waals surface area contributed by atoms with E-state index in [1.54, 1.807) is 6.92 Å². The Morgan fingerprint density at radius 2 is 1.90 bits per heavy atom. The van der Waals surface area contributed by atoms with Crippen LogP contribution in [0.15, 0.2) is 18.2 Å². The van der Waals surface area contributed by atoms with Crippen molar-refractivity contribution < 1.29 is 18.7 Å². The Bertz CT molecular complexity index is 520. The molecule has 20 heavy (non-hydrogen) atoms. The van der Waals surface area contributed by atoms with E-state index in [-0.39, 0.29) is 28.5 Å². The van der Waals surface area contributed by atoms with E-state index >= 15 is 0 Å². The van der Waals surface area contributed by atoms with Crippen molar-refractivity contribution >= 4 is 11.7 Å². The van der Waals surface area contributed by atoms with Crippen LogP contribution in [0.2, 0.25) is 0 Å². The molecule has 4 nitrogen and oxygen atoms in total. The van der Waals surface area contributed by atoms with Crippen LogP contribution in [0, 0.1) is 5.82 Å². The number of carbonyl (C=O) groups is 2. The zero-order valence-electron chi connectivity index (χ0n) is 12.4. The molecule has 1 unspecified atom stereocenters. The van der Waals surface area contributed by atoms with Gasteiger partial charge in [0.2, 0.25) is 0 Å². The molecule has 1 rings (SSSR count). The molecule has 5 heteroatoms. The van der Waals surface area contributed by atoms with E-state index in [9.17, 15) is 14.0 Å². The van der Waals surface area contributed by atoms with Gasteiger partial charge >= 0.3 is 0 Å². The summed E-state index contributed by atoms with van der Waals surface area (Å²) in [6, 6.07) is 3.64. The van der Waals surface area contributed by atoms with Crippen molar-refractivity contribution in [1.29, 1.82) is 0 Å². The lowest BCUT2D eigenvalue weighted by molar-refractivity contribution is -0.128. The molecule has 0 aromatic heterocycles. The van der Waals surface area contributed by atoms with Gasteiger partial charge < -0.3 is 10.1 Å². The first-order valence-corrected chi connectivity index (χ1v) is 6.39. The van der Waals surface area contributed by atoms with Crippen LogP contribution in [0.1, 0.15) is 45.0 Å². The first-order chi connectivity index (χ1) is 9.10. The SMILES string of the molecule is CC(=O)c1ccc(F)cc1OC(C)C(=O)NC(C)(C)C. The maximum atomic E-state index is 13.2. The quantitative estimate of drug-likeness (QED) is 0.863. The highest BCUT2D eigenvalue weighted by molar-refractivity contribution is 5.97. The zero-order valence-corrected chi connectivity index (χ0v) is 12.4. The molecule has 0 saturated heterocycles. The fourth-order valence-electron chi connectivity index (χ4n) is 1.60. The number of hydrogen-bond donors (Lipinski definition) is 1. The molecule has 110 valence electrons. The summed E-state index contributed by atoms with van der Waals surface area (Å²) in [7, 11) is 0. The maximum absolute atomic E-state index is 13.2. The minimum Gasteiger partial charge on any atom is -0.480 e. The average molecular weight is 281 g/mol. The van der Waals surface area contributed by atoms with Crippen LogP contribution < -0.4 is 10.1 Å². The van der Waals surface area contributed by atoms with E-state index in [1.165, 1.54) is 19.1 Å². The smallest absolute Gasteiger partial charge is 0.261 e. The second kappa shape index (κ2) is 6.03. The van der Waals surface area contributed by atoms with Crippen molar-refractivity contribution in [1.82, 2.24) is 5.32 Å². The van der Waals surface area contributed by atoms with Crippen LogP contribution in [0.5, 0.6) is 5.75 Å². The number of rotatable bonds is 4. The molecule has 0 aliphatic rings. The van der Waals surface area contributed by atoms with Gasteiger partial charge in [-0.15, -0.1) is 0 Å². The van der Waals surface area contributed by atoms with Gasteiger partial charge in [0, 0.05) is 11.6 Å². The normalized spacial score (nSPS) is 12.7. The lowest BCUT2D eigenvalue weighted by atomic mass is 10.1. The Kier molecular flexibility index (Phi) is 4.87. The van der Waals surface area contributed by atoms with Crippen LogP contribution in [0.25, 0.3) is 0 Å². The summed E-state index contributed by atoms with van der Waals surface area (Å²) in [6.45, 7) is 8.46. The van der Waals surface area contributed by atoms with E-state index < -0.39 is 11.9 Å². The molecule has 0 fully saturated rings. The summed E-state index contributed by atoms with van der Waals surface area (Å²) in [5.41, 5.74) is -0.137. The van der Waals surface area contributed by atoms with Gasteiger partial charge in [-0.3, -0.25) is 9.59 Å². The molecule has 0 saturated carbocycles. The summed E-state index contributed by atoms with van der Waals surface area (Å²) >= 11 is 0. The van der Waals surface area contributed by atoms with Gasteiger partial charge in [-0.05, 0) is 46.8 Å². The van der Waals surface area contributed by atoms with Crippen molar-refractivity contribution in [2.24, 2.45) is 0 Å². The minimum absolute atomic E-state index is 0.0778. The highest BCUT2D eigenvalue weighted by atomic mass is 19.1. The van der Waals surface area contributed by atoms with Gasteiger partial charge in [0.25, 0.3) is 5.91 Å². The Labute approximate surface area is 118 Å². The molecule has 0 bridgehead atoms. The Morgan fingerprint density at radius 3 is 2.40 bits per heavy atom. The lowest BCUT2D eigenvalue weighted by Crippen LogP contribution is -2.46. The van der Waals surface area contributed by atoms with Gasteiger partial charge in [-0.2, -0.15) is 0 Å². The lowest BCUT2D eigenvalue weighted by Gasteiger charge is -2.24. The third-order valence-corrected chi connectivity index (χ3v) is 2.49. The molecule has 0 heterocycles. The van der Waals surface area contributed by atoms with Crippen LogP contribution in [0.3, 0.4) is 0 Å². The summed E-state index contributed by atoms with van der Waals surface area (Å²) < 4.78 is 18.7. The Morgan fingerprint density at radius 1 is 1.30 bits per heavy atom. The second-order valence-electron chi connectivity index (χ2n) is 5.70. The maximum Gasteiger partial charge on any atom is 0.261 e. The van der Waals surface area contributed by atoms with E-state index in [1.807, 2.05) is 20.8 Å². The van der Waals surface area contributed by atoms with E-state index in [4.69, 9.17) is 4.74 Å². The van der Waals surface area contributed by atoms with E-state index in [0.717, 1.165) is 6.07 Å². The standard InChI is InChI=1S/C15H20FNO3/c1-9(18)12-7-6-11(16)8-13(12)20-10(2)14(19)17-15(3,4)5/h6-8,10H,1-5H3,(H,17,19). The third-order valence-electron chi connectivity index (χ3n) is 2.49. The molecule has 1 aromatic rings. The second-order valence-corrected chi connectivity index (χ2v) is 5.70. The average Bonchev–Trinajstić information content (AvgIpc) is 2.26. The van der Waals surface area contributed by atoms with Crippen molar-refractivity contribution in [2.75, 3.05) is 0 Å². The Balaban J connectivity index is 2.90. The number of ketones is 1. The molecule has 1 N–H and O–H groups in total. The van der Waals surface area contributed by atoms with Crippen LogP contribution >= 0.6 is 0 Å². The summed E-state index contributed by atoms with van der Waals surface area (Å²) in [6.07, 6.45) is -0.825. The van der Waals surface area contributed by atoms with Crippen LogP contribution in [-0.2, 0) is 4.79 Å². The molecule has 0 aliphatic heterocycles. The molecule has 1 atom stereocenters. The molecular weight excluding hydrogens is 261 g/mol. The molecular formula is C15H20FNO3. The first kappa shape index (κ1) is 16.1. The number of benzene rings is 1. The number of Topliss-reactive ketones (excluding diaryl/α,β-unsaturated/α-hetero) is 1. The van der Waals surface area contributed by atoms with Gasteiger partial charge in [0.1, 0.15) is 11.6 Å². The fourth-order valence-corrected chi connectivity index (χ4v) is 1.60. The van der Waals surface area contributed by atoms with Crippen molar-refractivity contribution in [3.05, 3.63) is 29.6 Å². The zero-order chi connectivity index (χ0) is 15.5. The first-order valence-electron chi connectivity index (χ1n) is 6.39. The number of amides is 1. The highest BCUT2D eigenvalue weighted by Crippen LogP contribution is 2.22. The topological polar surface area (TPSA) is 55.4 Å².